The molecule has 3 rings (SSSR count). The monoisotopic (exact) mass is 297 g/mol. The van der Waals surface area contributed by atoms with Crippen molar-refractivity contribution in [2.45, 2.75) is 18.8 Å². The molecule has 0 saturated heterocycles. The molecule has 0 unspecified atom stereocenters. The van der Waals surface area contributed by atoms with E-state index < -0.39 is 5.97 Å². The molecule has 0 bridgehead atoms. The zero-order chi connectivity index (χ0) is 13.6. The minimum atomic E-state index is -1.07. The molecule has 7 heteroatoms. The highest BCUT2D eigenvalue weighted by atomic mass is 35.5. The summed E-state index contributed by atoms with van der Waals surface area (Å²) in [5.41, 5.74) is 1.24. The van der Waals surface area contributed by atoms with E-state index in [9.17, 15) is 4.79 Å². The number of carboxylic acid groups (broad SMARTS) is 1. The van der Waals surface area contributed by atoms with Gasteiger partial charge in [-0.05, 0) is 31.0 Å². The molecule has 1 aromatic carbocycles. The van der Waals surface area contributed by atoms with E-state index in [0.29, 0.717) is 21.4 Å². The van der Waals surface area contributed by atoms with Crippen LogP contribution in [0.5, 0.6) is 0 Å². The number of carbonyl (C=O) groups is 1. The number of hydrogen-bond donors (Lipinski definition) is 1. The first-order chi connectivity index (χ1) is 9.06. The predicted molar refractivity (Wildman–Crippen MR) is 70.3 cm³/mol. The van der Waals surface area contributed by atoms with Gasteiger partial charge in [0.25, 0.3) is 0 Å². The minimum absolute atomic E-state index is 0.00130. The van der Waals surface area contributed by atoms with E-state index >= 15 is 0 Å². The summed E-state index contributed by atoms with van der Waals surface area (Å²) in [6.45, 7) is 0. The van der Waals surface area contributed by atoms with E-state index in [2.05, 4.69) is 10.3 Å². The van der Waals surface area contributed by atoms with Gasteiger partial charge in [-0.1, -0.05) is 28.4 Å². The van der Waals surface area contributed by atoms with Gasteiger partial charge in [-0.3, -0.25) is 0 Å². The van der Waals surface area contributed by atoms with Gasteiger partial charge in [0.15, 0.2) is 5.69 Å². The Morgan fingerprint density at radius 3 is 2.42 bits per heavy atom. The van der Waals surface area contributed by atoms with Crippen LogP contribution in [0, 0.1) is 0 Å². The summed E-state index contributed by atoms with van der Waals surface area (Å²) < 4.78 is 1.51. The van der Waals surface area contributed by atoms with Crippen LogP contribution in [0.4, 0.5) is 0 Å². The van der Waals surface area contributed by atoms with Crippen molar-refractivity contribution in [3.63, 3.8) is 0 Å². The highest BCUT2D eigenvalue weighted by Crippen LogP contribution is 2.42. The van der Waals surface area contributed by atoms with Crippen molar-refractivity contribution in [3.8, 4) is 5.69 Å². The first-order valence-electron chi connectivity index (χ1n) is 5.71. The van der Waals surface area contributed by atoms with E-state index in [-0.39, 0.29) is 11.6 Å². The van der Waals surface area contributed by atoms with Crippen LogP contribution in [0.25, 0.3) is 5.69 Å². The highest BCUT2D eigenvalue weighted by Gasteiger charge is 2.34. The van der Waals surface area contributed by atoms with Crippen molar-refractivity contribution in [1.82, 2.24) is 15.0 Å². The van der Waals surface area contributed by atoms with Gasteiger partial charge in [0, 0.05) is 16.0 Å². The molecule has 1 heterocycles. The molecule has 1 aliphatic rings. The van der Waals surface area contributed by atoms with Crippen molar-refractivity contribution < 1.29 is 9.90 Å². The summed E-state index contributed by atoms with van der Waals surface area (Å²) in [4.78, 5) is 11.2. The quantitative estimate of drug-likeness (QED) is 0.945. The normalized spacial score (nSPS) is 14.6. The van der Waals surface area contributed by atoms with Gasteiger partial charge in [-0.15, -0.1) is 5.10 Å². The molecule has 0 amide bonds. The zero-order valence-electron chi connectivity index (χ0n) is 9.68. The predicted octanol–water partition coefficient (Wildman–Crippen LogP) is 3.15. The molecule has 1 N–H and O–H groups in total. The van der Waals surface area contributed by atoms with Gasteiger partial charge in [-0.2, -0.15) is 0 Å². The van der Waals surface area contributed by atoms with Gasteiger partial charge in [0.2, 0.25) is 0 Å². The topological polar surface area (TPSA) is 68.0 Å². The third-order valence-electron chi connectivity index (χ3n) is 2.96. The van der Waals surface area contributed by atoms with Crippen LogP contribution < -0.4 is 0 Å². The maximum absolute atomic E-state index is 11.2. The van der Waals surface area contributed by atoms with Crippen LogP contribution in [0.1, 0.15) is 34.9 Å². The number of carboxylic acids is 1. The van der Waals surface area contributed by atoms with E-state index in [1.54, 1.807) is 18.2 Å². The first-order valence-corrected chi connectivity index (χ1v) is 6.47. The summed E-state index contributed by atoms with van der Waals surface area (Å²) in [5, 5.41) is 17.7. The zero-order valence-corrected chi connectivity index (χ0v) is 11.2. The molecule has 0 radical (unpaired) electrons. The highest BCUT2D eigenvalue weighted by molar-refractivity contribution is 6.34. The second-order valence-electron chi connectivity index (χ2n) is 4.44. The number of aromatic nitrogens is 3. The summed E-state index contributed by atoms with van der Waals surface area (Å²) in [6, 6.07) is 4.97. The Labute approximate surface area is 118 Å². The van der Waals surface area contributed by atoms with E-state index in [1.807, 2.05) is 0 Å². The molecule has 1 aromatic heterocycles. The van der Waals surface area contributed by atoms with Crippen LogP contribution in [0.2, 0.25) is 10.0 Å². The molecular weight excluding hydrogens is 289 g/mol. The van der Waals surface area contributed by atoms with Crippen molar-refractivity contribution in [3.05, 3.63) is 39.6 Å². The number of halogens is 2. The second kappa shape index (κ2) is 4.51. The Kier molecular flexibility index (Phi) is 2.95. The van der Waals surface area contributed by atoms with Crippen molar-refractivity contribution in [2.75, 3.05) is 0 Å². The lowest BCUT2D eigenvalue weighted by molar-refractivity contribution is 0.0689. The van der Waals surface area contributed by atoms with Crippen LogP contribution in [-0.4, -0.2) is 26.1 Å². The maximum Gasteiger partial charge on any atom is 0.358 e. The SMILES string of the molecule is O=C(O)c1nnn(-c2cc(Cl)cc(Cl)c2)c1C1CC1. The fourth-order valence-corrected chi connectivity index (χ4v) is 2.53. The van der Waals surface area contributed by atoms with Gasteiger partial charge < -0.3 is 5.11 Å². The molecule has 19 heavy (non-hydrogen) atoms. The maximum atomic E-state index is 11.2. The molecule has 0 atom stereocenters. The number of benzene rings is 1. The third kappa shape index (κ3) is 2.31. The Balaban J connectivity index is 2.16. The molecule has 2 aromatic rings. The van der Waals surface area contributed by atoms with Gasteiger partial charge in [-0.25, -0.2) is 9.48 Å². The summed E-state index contributed by atoms with van der Waals surface area (Å²) in [6.07, 6.45) is 1.89. The molecule has 5 nitrogen and oxygen atoms in total. The summed E-state index contributed by atoms with van der Waals surface area (Å²) in [5.74, 6) is -0.875. The van der Waals surface area contributed by atoms with Crippen molar-refractivity contribution in [2.24, 2.45) is 0 Å². The number of nitrogens with zero attached hydrogens (tertiary/aromatic N) is 3. The summed E-state index contributed by atoms with van der Waals surface area (Å²) in [7, 11) is 0. The lowest BCUT2D eigenvalue weighted by Crippen LogP contribution is -2.05. The molecular formula is C12H9Cl2N3O2. The molecule has 1 aliphatic carbocycles. The smallest absolute Gasteiger partial charge is 0.358 e. The second-order valence-corrected chi connectivity index (χ2v) is 5.32. The van der Waals surface area contributed by atoms with Gasteiger partial charge in [0.05, 0.1) is 11.4 Å². The van der Waals surface area contributed by atoms with E-state index in [4.69, 9.17) is 28.3 Å². The van der Waals surface area contributed by atoms with E-state index in [0.717, 1.165) is 12.8 Å². The average Bonchev–Trinajstić information content (AvgIpc) is 3.06. The first kappa shape index (κ1) is 12.4. The molecule has 98 valence electrons. The molecule has 0 spiro atoms. The fourth-order valence-electron chi connectivity index (χ4n) is 2.02. The van der Waals surface area contributed by atoms with E-state index in [1.165, 1.54) is 4.68 Å². The van der Waals surface area contributed by atoms with Crippen molar-refractivity contribution >= 4 is 29.2 Å². The van der Waals surface area contributed by atoms with Crippen molar-refractivity contribution in [1.29, 1.82) is 0 Å². The Hall–Kier alpha value is -1.59. The Bertz CT molecular complexity index is 645. The van der Waals surface area contributed by atoms with Gasteiger partial charge in [0.1, 0.15) is 0 Å². The summed E-state index contributed by atoms with van der Waals surface area (Å²) >= 11 is 11.9. The van der Waals surface area contributed by atoms with Crippen LogP contribution >= 0.6 is 23.2 Å². The van der Waals surface area contributed by atoms with Crippen LogP contribution in [0.15, 0.2) is 18.2 Å². The Morgan fingerprint density at radius 1 is 1.26 bits per heavy atom. The Morgan fingerprint density at radius 2 is 1.89 bits per heavy atom. The fraction of sp³-hybridized carbons (Fsp3) is 0.250. The third-order valence-corrected chi connectivity index (χ3v) is 3.40. The van der Waals surface area contributed by atoms with Gasteiger partial charge >= 0.3 is 5.97 Å². The number of aromatic carboxylic acids is 1. The molecule has 1 fully saturated rings. The van der Waals surface area contributed by atoms with Crippen LogP contribution in [-0.2, 0) is 0 Å². The average molecular weight is 298 g/mol. The lowest BCUT2D eigenvalue weighted by Gasteiger charge is -2.07. The molecule has 0 aliphatic heterocycles. The van der Waals surface area contributed by atoms with Crippen LogP contribution in [0.3, 0.4) is 0 Å². The lowest BCUT2D eigenvalue weighted by atomic mass is 10.2. The number of hydrogen-bond acceptors (Lipinski definition) is 3. The number of rotatable bonds is 3. The standard InChI is InChI=1S/C12H9Cl2N3O2/c13-7-3-8(14)5-9(4-7)17-11(6-1-2-6)10(12(18)19)15-16-17/h3-6H,1-2H2,(H,18,19). The molecule has 1 saturated carbocycles. The minimum Gasteiger partial charge on any atom is -0.476 e. The largest absolute Gasteiger partial charge is 0.476 e.